The molecular formula is C12H15Cl3N2O2S. The highest BCUT2D eigenvalue weighted by atomic mass is 35.5. The zero-order chi connectivity index (χ0) is 13.6. The van der Waals surface area contributed by atoms with Crippen molar-refractivity contribution in [3.63, 3.8) is 0 Å². The van der Waals surface area contributed by atoms with E-state index in [-0.39, 0.29) is 27.3 Å². The zero-order valence-electron chi connectivity index (χ0n) is 10.6. The molecule has 2 saturated heterocycles. The molecule has 0 radical (unpaired) electrons. The fraction of sp³-hybridized carbons (Fsp3) is 0.500. The van der Waals surface area contributed by atoms with Crippen LogP contribution in [0.5, 0.6) is 0 Å². The van der Waals surface area contributed by atoms with Crippen molar-refractivity contribution >= 4 is 45.6 Å². The van der Waals surface area contributed by atoms with Gasteiger partial charge >= 0.3 is 0 Å². The second kappa shape index (κ2) is 5.99. The van der Waals surface area contributed by atoms with Crippen molar-refractivity contribution in [2.24, 2.45) is 11.8 Å². The van der Waals surface area contributed by atoms with Crippen LogP contribution in [0.4, 0.5) is 0 Å². The maximum Gasteiger partial charge on any atom is 0.246 e. The van der Waals surface area contributed by atoms with E-state index in [0.29, 0.717) is 24.9 Å². The van der Waals surface area contributed by atoms with Crippen LogP contribution in [-0.2, 0) is 10.0 Å². The number of sulfonamides is 1. The van der Waals surface area contributed by atoms with E-state index < -0.39 is 10.0 Å². The van der Waals surface area contributed by atoms with Gasteiger partial charge in [0.1, 0.15) is 4.90 Å². The zero-order valence-corrected chi connectivity index (χ0v) is 13.7. The lowest BCUT2D eigenvalue weighted by Crippen LogP contribution is -2.32. The van der Waals surface area contributed by atoms with Crippen LogP contribution in [0.3, 0.4) is 0 Å². The molecule has 0 aliphatic carbocycles. The van der Waals surface area contributed by atoms with Gasteiger partial charge in [0.15, 0.2) is 0 Å². The third-order valence-electron chi connectivity index (χ3n) is 3.87. The van der Waals surface area contributed by atoms with Gasteiger partial charge in [-0.25, -0.2) is 8.42 Å². The lowest BCUT2D eigenvalue weighted by atomic mass is 10.0. The Morgan fingerprint density at radius 3 is 2.10 bits per heavy atom. The number of nitrogens with one attached hydrogen (secondary N) is 1. The van der Waals surface area contributed by atoms with Gasteiger partial charge in [-0.3, -0.25) is 0 Å². The Labute approximate surface area is 134 Å². The minimum absolute atomic E-state index is 0. The molecule has 1 aromatic carbocycles. The van der Waals surface area contributed by atoms with Gasteiger partial charge in [-0.15, -0.1) is 12.4 Å². The second-order valence-electron chi connectivity index (χ2n) is 5.05. The number of fused-ring (bicyclic) bond motifs is 1. The summed E-state index contributed by atoms with van der Waals surface area (Å²) in [4.78, 5) is 0.0336. The van der Waals surface area contributed by atoms with Gasteiger partial charge in [0.25, 0.3) is 0 Å². The van der Waals surface area contributed by atoms with Crippen molar-refractivity contribution in [3.05, 3.63) is 28.2 Å². The molecule has 2 heterocycles. The highest BCUT2D eigenvalue weighted by Gasteiger charge is 2.42. The first-order valence-corrected chi connectivity index (χ1v) is 8.34. The Bertz CT molecular complexity index is 576. The average molecular weight is 358 g/mol. The monoisotopic (exact) mass is 356 g/mol. The number of benzene rings is 1. The summed E-state index contributed by atoms with van der Waals surface area (Å²) < 4.78 is 26.8. The minimum atomic E-state index is -3.60. The van der Waals surface area contributed by atoms with Gasteiger partial charge in [0.2, 0.25) is 10.0 Å². The van der Waals surface area contributed by atoms with Crippen LogP contribution in [-0.4, -0.2) is 38.9 Å². The Kier molecular flexibility index (Phi) is 4.89. The smallest absolute Gasteiger partial charge is 0.246 e. The molecule has 8 heteroatoms. The summed E-state index contributed by atoms with van der Waals surface area (Å²) in [6.07, 6.45) is 0. The van der Waals surface area contributed by atoms with E-state index in [0.717, 1.165) is 13.1 Å². The molecule has 1 N–H and O–H groups in total. The van der Waals surface area contributed by atoms with E-state index in [4.69, 9.17) is 23.2 Å². The Morgan fingerprint density at radius 2 is 1.60 bits per heavy atom. The molecule has 1 aromatic rings. The normalized spacial score (nSPS) is 26.3. The molecule has 0 saturated carbocycles. The predicted molar refractivity (Wildman–Crippen MR) is 82.3 cm³/mol. The summed E-state index contributed by atoms with van der Waals surface area (Å²) in [7, 11) is -3.60. The molecule has 20 heavy (non-hydrogen) atoms. The van der Waals surface area contributed by atoms with Gasteiger partial charge in [0, 0.05) is 13.1 Å². The topological polar surface area (TPSA) is 49.4 Å². The number of halogens is 3. The van der Waals surface area contributed by atoms with Crippen LogP contribution < -0.4 is 5.32 Å². The standard InChI is InChI=1S/C12H14Cl2N2O2S.ClH/c13-10-2-1-3-11(14)12(10)19(17,18)16-6-8-4-15-5-9(8)7-16;/h1-3,8-9,15H,4-7H2;1H/t8-,9+;. The van der Waals surface area contributed by atoms with Gasteiger partial charge in [0.05, 0.1) is 10.0 Å². The van der Waals surface area contributed by atoms with Gasteiger partial charge in [-0.2, -0.15) is 4.31 Å². The van der Waals surface area contributed by atoms with E-state index >= 15 is 0 Å². The highest BCUT2D eigenvalue weighted by Crippen LogP contribution is 2.36. The molecule has 2 aliphatic heterocycles. The molecule has 2 aliphatic rings. The number of hydrogen-bond acceptors (Lipinski definition) is 3. The second-order valence-corrected chi connectivity index (χ2v) is 7.74. The van der Waals surface area contributed by atoms with Crippen molar-refractivity contribution in [2.45, 2.75) is 4.90 Å². The summed E-state index contributed by atoms with van der Waals surface area (Å²) in [5.74, 6) is 0.798. The van der Waals surface area contributed by atoms with E-state index in [9.17, 15) is 8.42 Å². The van der Waals surface area contributed by atoms with Crippen molar-refractivity contribution in [1.82, 2.24) is 9.62 Å². The maximum absolute atomic E-state index is 12.6. The first-order valence-electron chi connectivity index (χ1n) is 6.15. The summed E-state index contributed by atoms with van der Waals surface area (Å²) >= 11 is 12.0. The fourth-order valence-electron chi connectivity index (χ4n) is 2.87. The molecule has 2 atom stereocenters. The molecule has 0 aromatic heterocycles. The van der Waals surface area contributed by atoms with E-state index in [1.54, 1.807) is 18.2 Å². The Hall–Kier alpha value is -0.0400. The van der Waals surface area contributed by atoms with Crippen LogP contribution >= 0.6 is 35.6 Å². The molecule has 0 spiro atoms. The van der Waals surface area contributed by atoms with E-state index in [1.807, 2.05) is 0 Å². The van der Waals surface area contributed by atoms with Crippen molar-refractivity contribution in [3.8, 4) is 0 Å². The van der Waals surface area contributed by atoms with Gasteiger partial charge < -0.3 is 5.32 Å². The SMILES string of the molecule is Cl.O=S(=O)(c1c(Cl)cccc1Cl)N1C[C@H]2CNC[C@H]2C1. The molecule has 0 bridgehead atoms. The van der Waals surface area contributed by atoms with Gasteiger partial charge in [-0.1, -0.05) is 29.3 Å². The summed E-state index contributed by atoms with van der Waals surface area (Å²) in [6, 6.07) is 4.75. The van der Waals surface area contributed by atoms with Crippen LogP contribution in [0.1, 0.15) is 0 Å². The van der Waals surface area contributed by atoms with Crippen LogP contribution in [0, 0.1) is 11.8 Å². The number of hydrogen-bond donors (Lipinski definition) is 1. The van der Waals surface area contributed by atoms with Crippen molar-refractivity contribution < 1.29 is 8.42 Å². The largest absolute Gasteiger partial charge is 0.316 e. The first kappa shape index (κ1) is 16.3. The van der Waals surface area contributed by atoms with Crippen LogP contribution in [0.15, 0.2) is 23.1 Å². The first-order chi connectivity index (χ1) is 9.00. The van der Waals surface area contributed by atoms with E-state index in [1.165, 1.54) is 4.31 Å². The third-order valence-corrected chi connectivity index (χ3v) is 6.66. The van der Waals surface area contributed by atoms with Crippen LogP contribution in [0.25, 0.3) is 0 Å². The summed E-state index contributed by atoms with van der Waals surface area (Å²) in [5.41, 5.74) is 0. The number of nitrogens with zero attached hydrogens (tertiary/aromatic N) is 1. The molecule has 3 rings (SSSR count). The predicted octanol–water partition coefficient (Wildman–Crippen LogP) is 2.26. The third kappa shape index (κ3) is 2.67. The Balaban J connectivity index is 0.00000147. The molecule has 2 fully saturated rings. The molecule has 4 nitrogen and oxygen atoms in total. The Morgan fingerprint density at radius 1 is 1.10 bits per heavy atom. The quantitative estimate of drug-likeness (QED) is 0.883. The van der Waals surface area contributed by atoms with Crippen LogP contribution in [0.2, 0.25) is 10.0 Å². The molecule has 112 valence electrons. The van der Waals surface area contributed by atoms with Gasteiger partial charge in [-0.05, 0) is 37.1 Å². The lowest BCUT2D eigenvalue weighted by Gasteiger charge is -2.19. The van der Waals surface area contributed by atoms with Crippen molar-refractivity contribution in [2.75, 3.05) is 26.2 Å². The molecule has 0 amide bonds. The fourth-order valence-corrected chi connectivity index (χ4v) is 5.51. The number of rotatable bonds is 2. The average Bonchev–Trinajstić information content (AvgIpc) is 2.87. The van der Waals surface area contributed by atoms with E-state index in [2.05, 4.69) is 5.32 Å². The summed E-state index contributed by atoms with van der Waals surface area (Å²) in [6.45, 7) is 2.85. The maximum atomic E-state index is 12.6. The highest BCUT2D eigenvalue weighted by molar-refractivity contribution is 7.89. The lowest BCUT2D eigenvalue weighted by molar-refractivity contribution is 0.448. The minimum Gasteiger partial charge on any atom is -0.316 e. The summed E-state index contributed by atoms with van der Waals surface area (Å²) in [5, 5.41) is 3.65. The molecular weight excluding hydrogens is 343 g/mol. The van der Waals surface area contributed by atoms with Crippen molar-refractivity contribution in [1.29, 1.82) is 0 Å². The molecule has 0 unspecified atom stereocenters.